The number of halogens is 2. The lowest BCUT2D eigenvalue weighted by atomic mass is 9.87. The van der Waals surface area contributed by atoms with Crippen molar-refractivity contribution in [3.63, 3.8) is 0 Å². The predicted octanol–water partition coefficient (Wildman–Crippen LogP) is 4.92. The lowest BCUT2D eigenvalue weighted by molar-refractivity contribution is -0.142. The van der Waals surface area contributed by atoms with Crippen molar-refractivity contribution < 1.29 is 66.3 Å². The lowest BCUT2D eigenvalue weighted by Crippen LogP contribution is -2.56. The highest BCUT2D eigenvalue weighted by atomic mass is 31.2. The minimum atomic E-state index is -5.90. The van der Waals surface area contributed by atoms with Crippen molar-refractivity contribution in [1.29, 1.82) is 0 Å². The minimum Gasteiger partial charge on any atom is -0.370 e. The first-order chi connectivity index (χ1) is 39.1. The number of aromatic nitrogens is 1. The van der Waals surface area contributed by atoms with Crippen LogP contribution < -0.4 is 21.7 Å². The summed E-state index contributed by atoms with van der Waals surface area (Å²) in [6, 6.07) is 14.0. The van der Waals surface area contributed by atoms with Gasteiger partial charge in [-0.2, -0.15) is 8.78 Å². The van der Waals surface area contributed by atoms with E-state index in [4.69, 9.17) is 5.73 Å². The van der Waals surface area contributed by atoms with E-state index in [0.29, 0.717) is 68.3 Å². The molecule has 7 atom stereocenters. The number of nitrogens with one attached hydrogen (secondary N) is 3. The number of piperidine rings is 3. The Hall–Kier alpha value is -7.73. The molecule has 20 nitrogen and oxygen atoms in total. The Morgan fingerprint density at radius 3 is 2.39 bits per heavy atom. The Morgan fingerprint density at radius 1 is 0.927 bits per heavy atom. The van der Waals surface area contributed by atoms with Crippen molar-refractivity contribution >= 4 is 71.5 Å². The Balaban J connectivity index is 0.832. The highest BCUT2D eigenvalue weighted by Crippen LogP contribution is 2.59. The summed E-state index contributed by atoms with van der Waals surface area (Å²) in [6.07, 6.45) is 5.45. The molecule has 0 spiro atoms. The number of primary amides is 1. The maximum atomic E-state index is 14.6. The smallest absolute Gasteiger partial charge is 0.370 e. The number of rotatable bonds is 21. The van der Waals surface area contributed by atoms with Crippen molar-refractivity contribution in [2.45, 2.75) is 133 Å². The van der Waals surface area contributed by atoms with E-state index < -0.39 is 84.2 Å². The average Bonchev–Trinajstić information content (AvgIpc) is 4.03. The van der Waals surface area contributed by atoms with Crippen LogP contribution in [0, 0.1) is 29.6 Å². The third-order valence-corrected chi connectivity index (χ3v) is 17.5. The van der Waals surface area contributed by atoms with Crippen LogP contribution in [0.3, 0.4) is 0 Å². The normalized spacial score (nSPS) is 20.9. The number of fused-ring (bicyclic) bond motifs is 3. The molecule has 4 aromatic rings. The summed E-state index contributed by atoms with van der Waals surface area (Å²) in [5.41, 5.74) is 2.63. The van der Waals surface area contributed by atoms with Gasteiger partial charge in [-0.25, -0.2) is 0 Å². The number of carbonyl (C=O) groups is 9. The van der Waals surface area contributed by atoms with Crippen LogP contribution in [0.5, 0.6) is 0 Å². The predicted molar refractivity (Wildman–Crippen MR) is 293 cm³/mol. The lowest BCUT2D eigenvalue weighted by Gasteiger charge is -2.34. The third kappa shape index (κ3) is 13.0. The molecule has 8 amide bonds. The number of hydrogen-bond acceptors (Lipinski definition) is 11. The van der Waals surface area contributed by atoms with Crippen LogP contribution in [0.15, 0.2) is 79.0 Å². The summed E-state index contributed by atoms with van der Waals surface area (Å²) < 4.78 is 40.8. The monoisotopic (exact) mass is 1150 g/mol. The van der Waals surface area contributed by atoms with Crippen LogP contribution in [0.2, 0.25) is 0 Å². The zero-order chi connectivity index (χ0) is 58.6. The second-order valence-corrected chi connectivity index (χ2v) is 23.7. The molecule has 9 rings (SSSR count). The molecule has 7 N–H and O–H groups in total. The van der Waals surface area contributed by atoms with Crippen molar-refractivity contribution in [3.8, 4) is 11.8 Å². The average molecular weight is 1150 g/mol. The van der Waals surface area contributed by atoms with Gasteiger partial charge in [-0.15, -0.1) is 0 Å². The number of pyridine rings is 1. The van der Waals surface area contributed by atoms with Gasteiger partial charge in [-0.05, 0) is 104 Å². The van der Waals surface area contributed by atoms with E-state index in [9.17, 15) is 66.3 Å². The van der Waals surface area contributed by atoms with E-state index in [1.165, 1.54) is 22.1 Å². The van der Waals surface area contributed by atoms with E-state index in [1.807, 2.05) is 13.0 Å². The van der Waals surface area contributed by atoms with Crippen molar-refractivity contribution in [1.82, 2.24) is 35.6 Å². The summed E-state index contributed by atoms with van der Waals surface area (Å²) in [6.45, 7) is 3.15. The zero-order valence-corrected chi connectivity index (χ0v) is 46.1. The molecule has 1 saturated carbocycles. The summed E-state index contributed by atoms with van der Waals surface area (Å²) in [5, 5.41) is 7.86. The van der Waals surface area contributed by atoms with E-state index >= 15 is 0 Å². The Labute approximate surface area is 471 Å². The number of benzene rings is 3. The molecule has 1 unspecified atom stereocenters. The van der Waals surface area contributed by atoms with E-state index in [0.717, 1.165) is 30.2 Å². The number of unbranched alkanes of at least 4 members (excludes halogenated alkanes) is 1. The number of nitrogens with two attached hydrogens (primary N) is 1. The van der Waals surface area contributed by atoms with Crippen molar-refractivity contribution in [2.75, 3.05) is 19.6 Å². The first-order valence-corrected chi connectivity index (χ1v) is 29.4. The number of imide groups is 1. The molecule has 0 radical (unpaired) electrons. The number of amides is 8. The quantitative estimate of drug-likeness (QED) is 0.0367. The van der Waals surface area contributed by atoms with Crippen LogP contribution in [0.4, 0.5) is 8.78 Å². The van der Waals surface area contributed by atoms with Gasteiger partial charge in [0.15, 0.2) is 5.78 Å². The zero-order valence-electron chi connectivity index (χ0n) is 45.2. The largest absolute Gasteiger partial charge is 0.399 e. The maximum Gasteiger partial charge on any atom is 0.399 e. The number of likely N-dealkylation sites (tertiary alicyclic amines) is 2. The molecule has 5 heterocycles. The van der Waals surface area contributed by atoms with Gasteiger partial charge in [-0.1, -0.05) is 74.1 Å². The molecule has 1 aliphatic carbocycles. The SMILES string of the molecule is CCCC[C@H](NC(=O)c1cnc2ccc(C(F)(F)P(=O)(O)O)cc2c1)C(=O)N1C[C@H]2C[C@H]2[C@H]1C(=O)N[C@@H](CCC(N)=O)C(=O)C[C@H](C(=O)N1CCC(CCC#Cc2cccc3c2CN(C2CCC(=O)NC2=O)C3=O)CC1)c1ccccc1. The molecule has 4 aliphatic heterocycles. The van der Waals surface area contributed by atoms with E-state index in [-0.39, 0.29) is 104 Å². The molecule has 4 fully saturated rings. The van der Waals surface area contributed by atoms with Crippen LogP contribution in [0.1, 0.15) is 139 Å². The van der Waals surface area contributed by atoms with Crippen molar-refractivity contribution in [2.24, 2.45) is 23.5 Å². The fourth-order valence-corrected chi connectivity index (χ4v) is 12.3. The fourth-order valence-electron chi connectivity index (χ4n) is 11.8. The molecular weight excluding hydrogens is 1080 g/mol. The third-order valence-electron chi connectivity index (χ3n) is 16.5. The van der Waals surface area contributed by atoms with Crippen LogP contribution in [0.25, 0.3) is 10.9 Å². The van der Waals surface area contributed by atoms with Gasteiger partial charge in [-0.3, -0.25) is 58.0 Å². The number of hydrogen-bond donors (Lipinski definition) is 6. The Kier molecular flexibility index (Phi) is 17.8. The summed E-state index contributed by atoms with van der Waals surface area (Å²) >= 11 is 0. The fraction of sp³-hybridized carbons (Fsp3) is 0.458. The van der Waals surface area contributed by atoms with Gasteiger partial charge >= 0.3 is 13.3 Å². The van der Waals surface area contributed by atoms with Gasteiger partial charge in [0.25, 0.3) is 11.8 Å². The number of alkyl halides is 2. The van der Waals surface area contributed by atoms with Gasteiger partial charge in [0.1, 0.15) is 18.1 Å². The topological polar surface area (TPSA) is 296 Å². The molecule has 3 aromatic carbocycles. The Bertz CT molecular complexity index is 3320. The number of carbonyl (C=O) groups excluding carboxylic acids is 9. The van der Waals surface area contributed by atoms with Crippen LogP contribution in [-0.4, -0.2) is 126 Å². The molecule has 0 bridgehead atoms. The van der Waals surface area contributed by atoms with E-state index in [2.05, 4.69) is 32.8 Å². The first kappa shape index (κ1) is 58.9. The summed E-state index contributed by atoms with van der Waals surface area (Å²) in [4.78, 5) is 149. The standard InChI is InChI=1S/C59H65F2N8O12P/c1-2-3-16-47(65-53(73)38-27-37-28-40(17-18-45(37)63-31-38)59(60,61)82(79,80)81)58(78)69-32-39-29-42(39)52(69)55(75)64-46(19-21-50(62)71)49(70)30-43(35-11-5-4-6-12-35)56(76)67-25-23-34(24-26-67)10-7-8-13-36-14-9-15-41-44(36)33-68(57(41)77)48-20-22-51(72)66-54(48)74/h4-6,9,11-12,14-15,17-18,27-28,31,34,39,42-43,46-48,52H,2-3,7,10,16,19-26,29-30,32-33H2,1H3,(H2,62,71)(H,64,75)(H,65,73)(H,66,72,74)(H2,79,80,81)/t39-,42-,43+,46+,47+,48?,52+/m1/s1. The highest BCUT2D eigenvalue weighted by molar-refractivity contribution is 7.52. The number of nitrogens with zero attached hydrogens (tertiary/aromatic N) is 4. The summed E-state index contributed by atoms with van der Waals surface area (Å²) in [7, 11) is -5.90. The van der Waals surface area contributed by atoms with E-state index in [1.54, 1.807) is 47.4 Å². The van der Waals surface area contributed by atoms with Gasteiger partial charge in [0, 0.05) is 80.1 Å². The summed E-state index contributed by atoms with van der Waals surface area (Å²) in [5.74, 6) is 0.911. The van der Waals surface area contributed by atoms with Gasteiger partial charge in [0.2, 0.25) is 35.4 Å². The molecule has 3 saturated heterocycles. The molecule has 1 aromatic heterocycles. The van der Waals surface area contributed by atoms with Crippen molar-refractivity contribution in [3.05, 3.63) is 112 Å². The highest BCUT2D eigenvalue weighted by Gasteiger charge is 2.58. The van der Waals surface area contributed by atoms with Crippen LogP contribution in [-0.2, 0) is 50.3 Å². The second kappa shape index (κ2) is 24.8. The minimum absolute atomic E-state index is 0.0134. The maximum absolute atomic E-state index is 14.6. The Morgan fingerprint density at radius 2 is 1.68 bits per heavy atom. The second-order valence-electron chi connectivity index (χ2n) is 22.0. The molecule has 23 heteroatoms. The number of Topliss-reactive ketones (excluding diaryl/α,β-unsaturated/α-hetero) is 1. The van der Waals surface area contributed by atoms with Gasteiger partial charge in [0.05, 0.1) is 23.0 Å². The molecule has 5 aliphatic rings. The molecule has 432 valence electrons. The molecular formula is C59H65F2N8O12P. The van der Waals surface area contributed by atoms with Gasteiger partial charge < -0.3 is 40.9 Å². The number of ketones is 1. The first-order valence-electron chi connectivity index (χ1n) is 27.8. The van der Waals surface area contributed by atoms with Crippen LogP contribution >= 0.6 is 7.60 Å². The molecule has 82 heavy (non-hydrogen) atoms.